The van der Waals surface area contributed by atoms with Crippen molar-refractivity contribution >= 4 is 22.0 Å². The highest BCUT2D eigenvalue weighted by Gasteiger charge is 2.40. The van der Waals surface area contributed by atoms with Crippen LogP contribution in [0.4, 0.5) is 18.0 Å². The van der Waals surface area contributed by atoms with Crippen LogP contribution in [0.15, 0.2) is 57.5 Å². The van der Waals surface area contributed by atoms with Gasteiger partial charge in [0.2, 0.25) is 0 Å². The van der Waals surface area contributed by atoms with Gasteiger partial charge in [-0.25, -0.2) is 4.79 Å². The Labute approximate surface area is 172 Å². The third-order valence-electron chi connectivity index (χ3n) is 4.40. The molecule has 0 bridgehead atoms. The average Bonchev–Trinajstić information content (AvgIpc) is 3.03. The molecular weight excluding hydrogens is 453 g/mol. The predicted molar refractivity (Wildman–Crippen MR) is 103 cm³/mol. The maximum Gasteiger partial charge on any atom is 0.416 e. The second-order valence-electron chi connectivity index (χ2n) is 6.39. The zero-order valence-electron chi connectivity index (χ0n) is 15.0. The second-order valence-corrected chi connectivity index (χ2v) is 7.31. The minimum absolute atomic E-state index is 0.000568. The normalized spacial score (nSPS) is 13.7. The van der Waals surface area contributed by atoms with E-state index in [0.29, 0.717) is 11.3 Å². The first-order chi connectivity index (χ1) is 13.5. The van der Waals surface area contributed by atoms with Gasteiger partial charge < -0.3 is 14.9 Å². The summed E-state index contributed by atoms with van der Waals surface area (Å²) in [4.78, 5) is 11.5. The van der Waals surface area contributed by atoms with Crippen LogP contribution in [0.5, 0.6) is 0 Å². The van der Waals surface area contributed by atoms with E-state index >= 15 is 0 Å². The number of hydrogen-bond acceptors (Lipinski definition) is 3. The number of aromatic nitrogens is 1. The van der Waals surface area contributed by atoms with E-state index in [-0.39, 0.29) is 16.9 Å². The van der Waals surface area contributed by atoms with Gasteiger partial charge in [0.05, 0.1) is 22.4 Å². The summed E-state index contributed by atoms with van der Waals surface area (Å²) in [6.45, 7) is 5.51. The SMILES string of the molecule is [CH2]C(NC(=O)O)(c1cccc(C(F)(F)F)c1)c1c(C)noc1-c1ccc(Br)cc1. The lowest BCUT2D eigenvalue weighted by atomic mass is 9.81. The minimum atomic E-state index is -4.60. The highest BCUT2D eigenvalue weighted by atomic mass is 79.9. The number of nitrogens with zero attached hydrogens (tertiary/aromatic N) is 1. The van der Waals surface area contributed by atoms with Crippen LogP contribution in [0.3, 0.4) is 0 Å². The topological polar surface area (TPSA) is 75.4 Å². The van der Waals surface area contributed by atoms with Gasteiger partial charge >= 0.3 is 12.3 Å². The summed E-state index contributed by atoms with van der Waals surface area (Å²) in [7, 11) is 0. The first-order valence-corrected chi connectivity index (χ1v) is 9.08. The zero-order valence-corrected chi connectivity index (χ0v) is 16.6. The molecule has 9 heteroatoms. The number of aryl methyl sites for hydroxylation is 1. The Kier molecular flexibility index (Phi) is 5.44. The number of rotatable bonds is 4. The van der Waals surface area contributed by atoms with Crippen LogP contribution >= 0.6 is 15.9 Å². The van der Waals surface area contributed by atoms with Crippen molar-refractivity contribution in [2.75, 3.05) is 0 Å². The minimum Gasteiger partial charge on any atom is -0.465 e. The number of carboxylic acid groups (broad SMARTS) is 1. The lowest BCUT2D eigenvalue weighted by Gasteiger charge is -2.31. The Balaban J connectivity index is 2.25. The Bertz CT molecular complexity index is 1050. The number of benzene rings is 2. The molecular formula is C20H15BrF3N2O3. The van der Waals surface area contributed by atoms with Crippen molar-refractivity contribution in [2.24, 2.45) is 0 Å². The third-order valence-corrected chi connectivity index (χ3v) is 4.93. The second kappa shape index (κ2) is 7.55. The first-order valence-electron chi connectivity index (χ1n) is 8.29. The van der Waals surface area contributed by atoms with Gasteiger partial charge in [0, 0.05) is 10.0 Å². The van der Waals surface area contributed by atoms with Gasteiger partial charge in [-0.15, -0.1) is 0 Å². The van der Waals surface area contributed by atoms with Crippen LogP contribution in [0, 0.1) is 13.8 Å². The Hall–Kier alpha value is -2.81. The van der Waals surface area contributed by atoms with E-state index in [2.05, 4.69) is 33.3 Å². The molecule has 1 unspecified atom stereocenters. The number of amides is 1. The van der Waals surface area contributed by atoms with E-state index in [1.807, 2.05) is 0 Å². The first kappa shape index (κ1) is 20.9. The van der Waals surface area contributed by atoms with Gasteiger partial charge in [0.25, 0.3) is 0 Å². The Morgan fingerprint density at radius 1 is 1.17 bits per heavy atom. The van der Waals surface area contributed by atoms with E-state index in [0.717, 1.165) is 16.6 Å². The van der Waals surface area contributed by atoms with Crippen molar-refractivity contribution in [3.8, 4) is 11.3 Å². The molecule has 2 aromatic carbocycles. The number of halogens is 4. The molecule has 2 N–H and O–H groups in total. The molecule has 0 aliphatic heterocycles. The third kappa shape index (κ3) is 4.14. The molecule has 1 radical (unpaired) electrons. The number of alkyl halides is 3. The highest BCUT2D eigenvalue weighted by Crippen LogP contribution is 2.40. The van der Waals surface area contributed by atoms with Crippen molar-refractivity contribution in [1.29, 1.82) is 0 Å². The molecule has 151 valence electrons. The summed E-state index contributed by atoms with van der Waals surface area (Å²) >= 11 is 3.32. The van der Waals surface area contributed by atoms with E-state index < -0.39 is 23.4 Å². The van der Waals surface area contributed by atoms with Gasteiger partial charge in [-0.1, -0.05) is 45.4 Å². The Morgan fingerprint density at radius 3 is 2.38 bits per heavy atom. The summed E-state index contributed by atoms with van der Waals surface area (Å²) in [5.41, 5.74) is -1.63. The zero-order chi connectivity index (χ0) is 21.4. The molecule has 0 saturated carbocycles. The molecule has 3 aromatic rings. The number of hydrogen-bond donors (Lipinski definition) is 2. The highest BCUT2D eigenvalue weighted by molar-refractivity contribution is 9.10. The number of carbonyl (C=O) groups is 1. The summed E-state index contributed by atoms with van der Waals surface area (Å²) < 4.78 is 45.9. The summed E-state index contributed by atoms with van der Waals surface area (Å²) in [6.07, 6.45) is -6.06. The van der Waals surface area contributed by atoms with Crippen LogP contribution in [0.1, 0.15) is 22.4 Å². The standard InChI is InChI=1S/C20H15BrF3N2O3/c1-11-16(17(29-26-11)12-6-8-15(21)9-7-12)19(2,25-18(27)28)13-4-3-5-14(10-13)20(22,23)24/h3-10,25H,2H2,1H3,(H,27,28). The molecule has 5 nitrogen and oxygen atoms in total. The van der Waals surface area contributed by atoms with Crippen LogP contribution in [-0.2, 0) is 11.7 Å². The maximum atomic E-state index is 13.2. The summed E-state index contributed by atoms with van der Waals surface area (Å²) in [5, 5.41) is 15.5. The molecule has 1 amide bonds. The van der Waals surface area contributed by atoms with Crippen molar-refractivity contribution < 1.29 is 27.6 Å². The fourth-order valence-electron chi connectivity index (χ4n) is 3.09. The van der Waals surface area contributed by atoms with E-state index in [9.17, 15) is 23.1 Å². The van der Waals surface area contributed by atoms with E-state index in [1.165, 1.54) is 12.1 Å². The van der Waals surface area contributed by atoms with Crippen LogP contribution in [-0.4, -0.2) is 16.4 Å². The van der Waals surface area contributed by atoms with Gasteiger partial charge in [-0.2, -0.15) is 13.2 Å². The largest absolute Gasteiger partial charge is 0.465 e. The van der Waals surface area contributed by atoms with Crippen molar-refractivity contribution in [1.82, 2.24) is 10.5 Å². The van der Waals surface area contributed by atoms with E-state index in [4.69, 9.17) is 4.52 Å². The van der Waals surface area contributed by atoms with Crippen LogP contribution in [0.2, 0.25) is 0 Å². The lowest BCUT2D eigenvalue weighted by molar-refractivity contribution is -0.137. The molecule has 0 saturated heterocycles. The maximum absolute atomic E-state index is 13.2. The Morgan fingerprint density at radius 2 is 1.79 bits per heavy atom. The fourth-order valence-corrected chi connectivity index (χ4v) is 3.36. The molecule has 0 aliphatic rings. The molecule has 0 fully saturated rings. The van der Waals surface area contributed by atoms with E-state index in [1.54, 1.807) is 31.2 Å². The molecule has 0 spiro atoms. The van der Waals surface area contributed by atoms with Crippen LogP contribution in [0.25, 0.3) is 11.3 Å². The molecule has 1 heterocycles. The molecule has 3 rings (SSSR count). The smallest absolute Gasteiger partial charge is 0.416 e. The quantitative estimate of drug-likeness (QED) is 0.510. The van der Waals surface area contributed by atoms with Gasteiger partial charge in [0.15, 0.2) is 5.76 Å². The monoisotopic (exact) mass is 467 g/mol. The molecule has 1 atom stereocenters. The van der Waals surface area contributed by atoms with Crippen molar-refractivity contribution in [2.45, 2.75) is 18.6 Å². The summed E-state index contributed by atoms with van der Waals surface area (Å²) in [6, 6.07) is 11.2. The van der Waals surface area contributed by atoms with Crippen molar-refractivity contribution in [3.05, 3.63) is 82.3 Å². The molecule has 0 aliphatic carbocycles. The van der Waals surface area contributed by atoms with Gasteiger partial charge in [-0.3, -0.25) is 0 Å². The summed E-state index contributed by atoms with van der Waals surface area (Å²) in [5.74, 6) is 0.205. The number of nitrogens with one attached hydrogen (secondary N) is 1. The predicted octanol–water partition coefficient (Wildman–Crippen LogP) is 5.78. The van der Waals surface area contributed by atoms with Crippen LogP contribution < -0.4 is 5.32 Å². The molecule has 29 heavy (non-hydrogen) atoms. The van der Waals surface area contributed by atoms with Crippen molar-refractivity contribution in [3.63, 3.8) is 0 Å². The van der Waals surface area contributed by atoms with Gasteiger partial charge in [0.1, 0.15) is 0 Å². The lowest BCUT2D eigenvalue weighted by Crippen LogP contribution is -2.44. The van der Waals surface area contributed by atoms with Gasteiger partial charge in [-0.05, 0) is 43.7 Å². The molecule has 1 aromatic heterocycles. The average molecular weight is 468 g/mol. The fraction of sp³-hybridized carbons (Fsp3) is 0.150.